The van der Waals surface area contributed by atoms with Gasteiger partial charge in [-0.15, -0.1) is 0 Å². The Bertz CT molecular complexity index is 134. The quantitative estimate of drug-likeness (QED) is 0.457. The molecule has 0 aromatic rings. The molecule has 11 heavy (non-hydrogen) atoms. The lowest BCUT2D eigenvalue weighted by Crippen LogP contribution is -2.17. The number of carbonyl (C=O) groups is 1. The summed E-state index contributed by atoms with van der Waals surface area (Å²) in [6.45, 7) is 0.888. The molecular weight excluding hydrogens is 140 g/mol. The molecule has 1 aliphatic rings. The third-order valence-corrected chi connectivity index (χ3v) is 1.89. The normalized spacial score (nSPS) is 25.6. The first-order valence-electron chi connectivity index (χ1n) is 4.15. The minimum Gasteiger partial charge on any atom is -0.378 e. The van der Waals surface area contributed by atoms with E-state index >= 15 is 0 Å². The number of allylic oxidation sites excluding steroid dienone is 1. The molecule has 1 rings (SSSR count). The van der Waals surface area contributed by atoms with Crippen LogP contribution in [0.4, 0.5) is 0 Å². The largest absolute Gasteiger partial charge is 0.378 e. The zero-order valence-corrected chi connectivity index (χ0v) is 6.66. The van der Waals surface area contributed by atoms with E-state index in [0.717, 1.165) is 25.7 Å². The molecule has 0 amide bonds. The summed E-state index contributed by atoms with van der Waals surface area (Å²) in [7, 11) is 0. The van der Waals surface area contributed by atoms with E-state index in [9.17, 15) is 4.79 Å². The van der Waals surface area contributed by atoms with Crippen LogP contribution in [0.25, 0.3) is 0 Å². The first-order valence-corrected chi connectivity index (χ1v) is 4.15. The third-order valence-electron chi connectivity index (χ3n) is 1.89. The van der Waals surface area contributed by atoms with Gasteiger partial charge in [-0.25, -0.2) is 0 Å². The van der Waals surface area contributed by atoms with Gasteiger partial charge in [0.1, 0.15) is 6.29 Å². The van der Waals surface area contributed by atoms with Crippen LogP contribution in [0.5, 0.6) is 0 Å². The van der Waals surface area contributed by atoms with Crippen LogP contribution in [0.15, 0.2) is 12.2 Å². The van der Waals surface area contributed by atoms with Gasteiger partial charge in [-0.1, -0.05) is 6.08 Å². The van der Waals surface area contributed by atoms with E-state index in [0.29, 0.717) is 6.10 Å². The second kappa shape index (κ2) is 5.08. The number of hydrogen-bond acceptors (Lipinski definition) is 2. The molecule has 0 radical (unpaired) electrons. The Hall–Kier alpha value is -0.630. The van der Waals surface area contributed by atoms with Gasteiger partial charge < -0.3 is 4.74 Å². The van der Waals surface area contributed by atoms with Crippen LogP contribution in [-0.4, -0.2) is 19.0 Å². The van der Waals surface area contributed by atoms with Gasteiger partial charge in [-0.2, -0.15) is 0 Å². The highest BCUT2D eigenvalue weighted by atomic mass is 16.5. The van der Waals surface area contributed by atoms with Crippen LogP contribution in [0, 0.1) is 0 Å². The zero-order chi connectivity index (χ0) is 7.94. The predicted octanol–water partition coefficient (Wildman–Crippen LogP) is 1.70. The summed E-state index contributed by atoms with van der Waals surface area (Å²) in [6.07, 6.45) is 9.07. The van der Waals surface area contributed by atoms with Gasteiger partial charge in [-0.05, 0) is 31.8 Å². The fraction of sp³-hybridized carbons (Fsp3) is 0.667. The van der Waals surface area contributed by atoms with Gasteiger partial charge in [0.2, 0.25) is 0 Å². The Kier molecular flexibility index (Phi) is 3.91. The highest BCUT2D eigenvalue weighted by Crippen LogP contribution is 2.15. The van der Waals surface area contributed by atoms with Crippen LogP contribution in [0.2, 0.25) is 0 Å². The zero-order valence-electron chi connectivity index (χ0n) is 6.66. The molecule has 2 nitrogen and oxygen atoms in total. The molecule has 0 aliphatic carbocycles. The maximum absolute atomic E-state index is 9.92. The van der Waals surface area contributed by atoms with Crippen molar-refractivity contribution in [3.05, 3.63) is 12.2 Å². The number of rotatable bonds is 3. The molecule has 0 bridgehead atoms. The highest BCUT2D eigenvalue weighted by molar-refractivity contribution is 5.64. The van der Waals surface area contributed by atoms with E-state index in [2.05, 4.69) is 0 Å². The molecule has 1 atom stereocenters. The van der Waals surface area contributed by atoms with Gasteiger partial charge in [-0.3, -0.25) is 4.79 Å². The van der Waals surface area contributed by atoms with E-state index in [4.69, 9.17) is 4.74 Å². The monoisotopic (exact) mass is 154 g/mol. The van der Waals surface area contributed by atoms with E-state index in [1.54, 1.807) is 0 Å². The molecule has 1 aliphatic heterocycles. The minimum atomic E-state index is 0.361. The molecule has 0 N–H and O–H groups in total. The Morgan fingerprint density at radius 1 is 1.45 bits per heavy atom. The molecule has 1 unspecified atom stereocenters. The smallest absolute Gasteiger partial charge is 0.142 e. The van der Waals surface area contributed by atoms with Crippen molar-refractivity contribution in [3.8, 4) is 0 Å². The average molecular weight is 154 g/mol. The van der Waals surface area contributed by atoms with Crippen molar-refractivity contribution in [1.29, 1.82) is 0 Å². The average Bonchev–Trinajstić information content (AvgIpc) is 2.07. The van der Waals surface area contributed by atoms with Crippen LogP contribution < -0.4 is 0 Å². The van der Waals surface area contributed by atoms with Crippen molar-refractivity contribution in [1.82, 2.24) is 0 Å². The lowest BCUT2D eigenvalue weighted by Gasteiger charge is -2.20. The molecule has 0 saturated carbocycles. The molecule has 62 valence electrons. The van der Waals surface area contributed by atoms with Crippen LogP contribution >= 0.6 is 0 Å². The summed E-state index contributed by atoms with van der Waals surface area (Å²) < 4.78 is 5.46. The Balaban J connectivity index is 2.14. The molecule has 0 spiro atoms. The SMILES string of the molecule is O=CC=CCC1CCCCO1. The molecule has 2 heteroatoms. The first-order chi connectivity index (χ1) is 5.43. The van der Waals surface area contributed by atoms with Crippen molar-refractivity contribution in [2.75, 3.05) is 6.61 Å². The summed E-state index contributed by atoms with van der Waals surface area (Å²) in [5, 5.41) is 0. The molecule has 1 saturated heterocycles. The fourth-order valence-electron chi connectivity index (χ4n) is 1.28. The topological polar surface area (TPSA) is 26.3 Å². The summed E-state index contributed by atoms with van der Waals surface area (Å²) in [5.74, 6) is 0. The van der Waals surface area contributed by atoms with E-state index in [1.807, 2.05) is 6.08 Å². The number of ether oxygens (including phenoxy) is 1. The Morgan fingerprint density at radius 3 is 3.00 bits per heavy atom. The lowest BCUT2D eigenvalue weighted by molar-refractivity contribution is -0.104. The van der Waals surface area contributed by atoms with Crippen molar-refractivity contribution in [3.63, 3.8) is 0 Å². The molecule has 0 aromatic heterocycles. The van der Waals surface area contributed by atoms with Crippen molar-refractivity contribution < 1.29 is 9.53 Å². The van der Waals surface area contributed by atoms with Crippen LogP contribution in [-0.2, 0) is 9.53 Å². The van der Waals surface area contributed by atoms with Gasteiger partial charge in [0, 0.05) is 6.61 Å². The van der Waals surface area contributed by atoms with E-state index in [1.165, 1.54) is 18.9 Å². The van der Waals surface area contributed by atoms with Crippen LogP contribution in [0.1, 0.15) is 25.7 Å². The van der Waals surface area contributed by atoms with Gasteiger partial charge in [0.15, 0.2) is 0 Å². The second-order valence-electron chi connectivity index (χ2n) is 2.79. The lowest BCUT2D eigenvalue weighted by atomic mass is 10.1. The highest BCUT2D eigenvalue weighted by Gasteiger charge is 2.10. The fourth-order valence-corrected chi connectivity index (χ4v) is 1.28. The Morgan fingerprint density at radius 2 is 2.36 bits per heavy atom. The Labute approximate surface area is 67.2 Å². The van der Waals surface area contributed by atoms with Gasteiger partial charge in [0.25, 0.3) is 0 Å². The van der Waals surface area contributed by atoms with Gasteiger partial charge >= 0.3 is 0 Å². The van der Waals surface area contributed by atoms with Gasteiger partial charge in [0.05, 0.1) is 6.10 Å². The third kappa shape index (κ3) is 3.33. The molecular formula is C9H14O2. The van der Waals surface area contributed by atoms with Crippen molar-refractivity contribution in [2.24, 2.45) is 0 Å². The first kappa shape index (κ1) is 8.47. The minimum absolute atomic E-state index is 0.361. The second-order valence-corrected chi connectivity index (χ2v) is 2.79. The molecule has 1 heterocycles. The van der Waals surface area contributed by atoms with Crippen molar-refractivity contribution >= 4 is 6.29 Å². The summed E-state index contributed by atoms with van der Waals surface area (Å²) in [6, 6.07) is 0. The number of hydrogen-bond donors (Lipinski definition) is 0. The van der Waals surface area contributed by atoms with E-state index < -0.39 is 0 Å². The maximum Gasteiger partial charge on any atom is 0.142 e. The summed E-state index contributed by atoms with van der Waals surface area (Å²) in [5.41, 5.74) is 0. The number of aldehydes is 1. The van der Waals surface area contributed by atoms with Crippen LogP contribution in [0.3, 0.4) is 0 Å². The number of carbonyl (C=O) groups excluding carboxylic acids is 1. The summed E-state index contributed by atoms with van der Waals surface area (Å²) >= 11 is 0. The standard InChI is InChI=1S/C9H14O2/c10-7-3-1-5-9-6-2-4-8-11-9/h1,3,7,9H,2,4-6,8H2. The maximum atomic E-state index is 9.92. The van der Waals surface area contributed by atoms with E-state index in [-0.39, 0.29) is 0 Å². The van der Waals surface area contributed by atoms with Crippen molar-refractivity contribution in [2.45, 2.75) is 31.8 Å². The summed E-state index contributed by atoms with van der Waals surface area (Å²) in [4.78, 5) is 9.92. The molecule has 1 fully saturated rings. The predicted molar refractivity (Wildman–Crippen MR) is 43.4 cm³/mol. The molecule has 0 aromatic carbocycles.